The third-order valence-electron chi connectivity index (χ3n) is 0.941. The predicted molar refractivity (Wildman–Crippen MR) is 49.0 cm³/mol. The summed E-state index contributed by atoms with van der Waals surface area (Å²) in [6.07, 6.45) is -0.0896. The SMILES string of the molecule is CC(C)(CC(=O)O)OC(=S)S. The van der Waals surface area contributed by atoms with Crippen molar-refractivity contribution in [3.05, 3.63) is 0 Å². The fraction of sp³-hybridized carbons (Fsp3) is 0.667. The van der Waals surface area contributed by atoms with E-state index in [0.717, 1.165) is 0 Å². The Bertz CT molecular complexity index is 159. The molecule has 0 spiro atoms. The van der Waals surface area contributed by atoms with Crippen molar-refractivity contribution in [2.45, 2.75) is 25.9 Å². The van der Waals surface area contributed by atoms with Crippen molar-refractivity contribution in [3.63, 3.8) is 0 Å². The Hall–Kier alpha value is -0.290. The first-order valence-electron chi connectivity index (χ1n) is 2.97. The Morgan fingerprint density at radius 3 is 2.45 bits per heavy atom. The summed E-state index contributed by atoms with van der Waals surface area (Å²) in [5.41, 5.74) is -0.773. The Morgan fingerprint density at radius 2 is 2.18 bits per heavy atom. The van der Waals surface area contributed by atoms with Crippen LogP contribution in [0.25, 0.3) is 0 Å². The number of carbonyl (C=O) groups is 1. The summed E-state index contributed by atoms with van der Waals surface area (Å²) in [7, 11) is 0. The molecule has 0 aliphatic carbocycles. The molecule has 0 saturated heterocycles. The third-order valence-corrected chi connectivity index (χ3v) is 1.12. The van der Waals surface area contributed by atoms with Gasteiger partial charge in [-0.15, -0.1) is 0 Å². The summed E-state index contributed by atoms with van der Waals surface area (Å²) in [6, 6.07) is 0. The van der Waals surface area contributed by atoms with Gasteiger partial charge in [-0.1, -0.05) is 12.6 Å². The lowest BCUT2D eigenvalue weighted by atomic mass is 10.1. The average Bonchev–Trinajstić information content (AvgIpc) is 1.53. The molecule has 0 bridgehead atoms. The second kappa shape index (κ2) is 3.92. The predicted octanol–water partition coefficient (Wildman–Crippen LogP) is 1.47. The first-order valence-corrected chi connectivity index (χ1v) is 3.83. The van der Waals surface area contributed by atoms with Crippen molar-refractivity contribution in [1.29, 1.82) is 0 Å². The molecule has 0 aromatic heterocycles. The van der Waals surface area contributed by atoms with Crippen LogP contribution in [0.4, 0.5) is 0 Å². The van der Waals surface area contributed by atoms with Crippen molar-refractivity contribution in [3.8, 4) is 0 Å². The van der Waals surface area contributed by atoms with Gasteiger partial charge >= 0.3 is 5.97 Å². The summed E-state index contributed by atoms with van der Waals surface area (Å²) >= 11 is 8.28. The van der Waals surface area contributed by atoms with Crippen LogP contribution >= 0.6 is 24.8 Å². The van der Waals surface area contributed by atoms with E-state index in [1.165, 1.54) is 0 Å². The highest BCUT2D eigenvalue weighted by Crippen LogP contribution is 2.15. The maximum Gasteiger partial charge on any atom is 0.307 e. The minimum atomic E-state index is -0.917. The van der Waals surface area contributed by atoms with Crippen molar-refractivity contribution in [2.24, 2.45) is 0 Å². The van der Waals surface area contributed by atoms with E-state index in [9.17, 15) is 4.79 Å². The highest BCUT2D eigenvalue weighted by molar-refractivity contribution is 8.10. The number of rotatable bonds is 3. The van der Waals surface area contributed by atoms with Crippen LogP contribution in [-0.2, 0) is 9.53 Å². The molecule has 0 radical (unpaired) electrons. The maximum atomic E-state index is 10.2. The molecule has 3 nitrogen and oxygen atoms in total. The minimum absolute atomic E-state index is 0.0660. The van der Waals surface area contributed by atoms with Gasteiger partial charge in [0.05, 0.1) is 6.42 Å². The number of carboxylic acid groups (broad SMARTS) is 1. The number of carboxylic acids is 1. The molecule has 11 heavy (non-hydrogen) atoms. The van der Waals surface area contributed by atoms with Gasteiger partial charge in [-0.25, -0.2) is 0 Å². The van der Waals surface area contributed by atoms with Crippen molar-refractivity contribution in [2.75, 3.05) is 0 Å². The molecule has 0 aromatic carbocycles. The van der Waals surface area contributed by atoms with Crippen LogP contribution in [0, 0.1) is 0 Å². The molecule has 64 valence electrons. The number of thiocarbonyl (C=S) groups is 1. The average molecular weight is 194 g/mol. The van der Waals surface area contributed by atoms with E-state index in [1.54, 1.807) is 13.8 Å². The first kappa shape index (κ1) is 10.7. The Kier molecular flexibility index (Phi) is 3.82. The van der Waals surface area contributed by atoms with E-state index >= 15 is 0 Å². The normalized spacial score (nSPS) is 10.8. The molecule has 0 rings (SSSR count). The zero-order chi connectivity index (χ0) is 9.07. The molecule has 0 aromatic rings. The van der Waals surface area contributed by atoms with Crippen LogP contribution in [0.15, 0.2) is 0 Å². The van der Waals surface area contributed by atoms with Crippen LogP contribution in [-0.4, -0.2) is 21.1 Å². The summed E-state index contributed by atoms with van der Waals surface area (Å²) < 4.78 is 5.03. The van der Waals surface area contributed by atoms with Crippen LogP contribution in [0.5, 0.6) is 0 Å². The van der Waals surface area contributed by atoms with Crippen LogP contribution in [0.3, 0.4) is 0 Å². The Balaban J connectivity index is 3.99. The van der Waals surface area contributed by atoms with Crippen molar-refractivity contribution < 1.29 is 14.6 Å². The van der Waals surface area contributed by atoms with Gasteiger partial charge in [-0.05, 0) is 26.1 Å². The van der Waals surface area contributed by atoms with Gasteiger partial charge in [-0.3, -0.25) is 4.79 Å². The number of thiol groups is 1. The molecule has 0 atom stereocenters. The van der Waals surface area contributed by atoms with Gasteiger partial charge in [0.1, 0.15) is 5.60 Å². The quantitative estimate of drug-likeness (QED) is 0.527. The molecule has 0 saturated carbocycles. The van der Waals surface area contributed by atoms with Crippen LogP contribution in [0.2, 0.25) is 0 Å². The highest BCUT2D eigenvalue weighted by Gasteiger charge is 2.23. The molecule has 0 unspecified atom stereocenters. The molecular weight excluding hydrogens is 184 g/mol. The van der Waals surface area contributed by atoms with Gasteiger partial charge in [0.15, 0.2) is 0 Å². The largest absolute Gasteiger partial charge is 0.481 e. The lowest BCUT2D eigenvalue weighted by molar-refractivity contribution is -0.140. The summed E-state index contributed by atoms with van der Waals surface area (Å²) in [4.78, 5) is 10.2. The van der Waals surface area contributed by atoms with Crippen LogP contribution in [0.1, 0.15) is 20.3 Å². The summed E-state index contributed by atoms with van der Waals surface area (Å²) in [5, 5.41) is 8.41. The standard InChI is InChI=1S/C6H10O3S2/c1-6(2,3-4(7)8)9-5(10)11/h3H2,1-2H3,(H,7,8)(H,10,11). The molecule has 0 aliphatic rings. The van der Waals surface area contributed by atoms with E-state index < -0.39 is 11.6 Å². The van der Waals surface area contributed by atoms with Gasteiger partial charge < -0.3 is 9.84 Å². The minimum Gasteiger partial charge on any atom is -0.481 e. The van der Waals surface area contributed by atoms with Crippen molar-refractivity contribution in [1.82, 2.24) is 0 Å². The summed E-state index contributed by atoms with van der Waals surface area (Å²) in [6.45, 7) is 3.28. The third kappa shape index (κ3) is 6.12. The molecule has 0 fully saturated rings. The Morgan fingerprint density at radius 1 is 1.73 bits per heavy atom. The highest BCUT2D eigenvalue weighted by atomic mass is 32.1. The van der Waals surface area contributed by atoms with E-state index in [1.807, 2.05) is 0 Å². The fourth-order valence-corrected chi connectivity index (χ4v) is 1.11. The second-order valence-corrected chi connectivity index (χ2v) is 3.78. The van der Waals surface area contributed by atoms with Crippen LogP contribution < -0.4 is 0 Å². The molecular formula is C6H10O3S2. The first-order chi connectivity index (χ1) is 4.83. The number of hydrogen-bond acceptors (Lipinski definition) is 3. The smallest absolute Gasteiger partial charge is 0.307 e. The topological polar surface area (TPSA) is 46.5 Å². The number of ether oxygens (including phenoxy) is 1. The Labute approximate surface area is 76.1 Å². The van der Waals surface area contributed by atoms with E-state index in [4.69, 9.17) is 9.84 Å². The van der Waals surface area contributed by atoms with E-state index in [-0.39, 0.29) is 10.8 Å². The second-order valence-electron chi connectivity index (χ2n) is 2.70. The molecule has 0 heterocycles. The van der Waals surface area contributed by atoms with Gasteiger partial charge in [0.25, 0.3) is 0 Å². The number of hydrogen-bond donors (Lipinski definition) is 2. The molecule has 0 amide bonds. The van der Waals surface area contributed by atoms with Crippen molar-refractivity contribution >= 4 is 35.2 Å². The van der Waals surface area contributed by atoms with E-state index in [2.05, 4.69) is 24.8 Å². The summed E-state index contributed by atoms with van der Waals surface area (Å²) in [5.74, 6) is -0.917. The fourth-order valence-electron chi connectivity index (χ4n) is 0.637. The lowest BCUT2D eigenvalue weighted by Crippen LogP contribution is -2.28. The zero-order valence-corrected chi connectivity index (χ0v) is 8.04. The monoisotopic (exact) mass is 194 g/mol. The molecule has 5 heteroatoms. The lowest BCUT2D eigenvalue weighted by Gasteiger charge is -2.22. The molecule has 0 aliphatic heterocycles. The van der Waals surface area contributed by atoms with Gasteiger partial charge in [-0.2, -0.15) is 0 Å². The van der Waals surface area contributed by atoms with E-state index in [0.29, 0.717) is 0 Å². The molecule has 1 N–H and O–H groups in total. The van der Waals surface area contributed by atoms with Gasteiger partial charge in [0.2, 0.25) is 4.38 Å². The number of aliphatic carboxylic acids is 1. The van der Waals surface area contributed by atoms with Gasteiger partial charge in [0, 0.05) is 0 Å². The zero-order valence-electron chi connectivity index (χ0n) is 6.33. The maximum absolute atomic E-state index is 10.2.